The fraction of sp³-hybridized carbons (Fsp3) is 0.320. The number of methoxy groups -OCH3 is 3. The summed E-state index contributed by atoms with van der Waals surface area (Å²) in [7, 11) is 4.65. The molecule has 8 nitrogen and oxygen atoms in total. The minimum Gasteiger partial charge on any atom is -0.493 e. The molecule has 3 aromatic rings. The molecular formula is C25H27ClN4O4S2. The van der Waals surface area contributed by atoms with E-state index in [2.05, 4.69) is 10.4 Å². The molecule has 1 aliphatic rings. The molecule has 0 saturated carbocycles. The van der Waals surface area contributed by atoms with Crippen molar-refractivity contribution in [1.82, 2.24) is 10.4 Å². The molecule has 2 unspecified atom stereocenters. The number of nitrogens with zero attached hydrogens (tertiary/aromatic N) is 2. The molecule has 0 fully saturated rings. The number of rotatable bonds is 8. The van der Waals surface area contributed by atoms with Gasteiger partial charge in [-0.15, -0.1) is 23.1 Å². The number of esters is 1. The van der Waals surface area contributed by atoms with Crippen molar-refractivity contribution in [2.24, 2.45) is 10.8 Å². The number of nitrogens with two attached hydrogens (primary N) is 1. The molecule has 2 aromatic carbocycles. The highest BCUT2D eigenvalue weighted by atomic mass is 35.5. The number of aromatic nitrogens is 1. The molecule has 2 atom stereocenters. The first-order valence-corrected chi connectivity index (χ1v) is 13.3. The molecule has 4 rings (SSSR count). The number of thioether (sulfide) groups is 1. The van der Waals surface area contributed by atoms with E-state index in [0.29, 0.717) is 41.6 Å². The van der Waals surface area contributed by atoms with Gasteiger partial charge in [-0.05, 0) is 36.2 Å². The molecule has 0 spiro atoms. The maximum atomic E-state index is 11.5. The molecule has 1 aliphatic heterocycles. The zero-order valence-corrected chi connectivity index (χ0v) is 22.5. The van der Waals surface area contributed by atoms with Crippen molar-refractivity contribution >= 4 is 52.2 Å². The van der Waals surface area contributed by atoms with Crippen molar-refractivity contribution in [2.75, 3.05) is 21.3 Å². The number of benzene rings is 2. The Morgan fingerprint density at radius 3 is 2.72 bits per heavy atom. The number of hydrogen-bond donors (Lipinski definition) is 2. The normalized spacial score (nSPS) is 17.0. The van der Waals surface area contributed by atoms with Crippen molar-refractivity contribution in [1.29, 1.82) is 0 Å². The molecule has 36 heavy (non-hydrogen) atoms. The van der Waals surface area contributed by atoms with Crippen LogP contribution in [0, 0.1) is 0 Å². The topological polar surface area (TPSA) is 108 Å². The van der Waals surface area contributed by atoms with Crippen LogP contribution in [0.1, 0.15) is 32.7 Å². The van der Waals surface area contributed by atoms with Crippen LogP contribution in [0.4, 0.5) is 5.69 Å². The summed E-state index contributed by atoms with van der Waals surface area (Å²) < 4.78 is 16.1. The number of nitrogens with one attached hydrogen (secondary N) is 1. The first kappa shape index (κ1) is 26.3. The highest BCUT2D eigenvalue weighted by Crippen LogP contribution is 2.50. The van der Waals surface area contributed by atoms with E-state index >= 15 is 0 Å². The Morgan fingerprint density at radius 1 is 1.17 bits per heavy atom. The van der Waals surface area contributed by atoms with Gasteiger partial charge in [-0.25, -0.2) is 15.8 Å². The smallest absolute Gasteiger partial charge is 0.305 e. The van der Waals surface area contributed by atoms with Gasteiger partial charge >= 0.3 is 5.97 Å². The number of aliphatic imine (C=N–C) groups is 1. The molecule has 0 aliphatic carbocycles. The van der Waals surface area contributed by atoms with E-state index in [1.165, 1.54) is 7.11 Å². The lowest BCUT2D eigenvalue weighted by Crippen LogP contribution is -2.38. The van der Waals surface area contributed by atoms with Gasteiger partial charge in [0.25, 0.3) is 0 Å². The molecule has 0 bridgehead atoms. The van der Waals surface area contributed by atoms with E-state index < -0.39 is 0 Å². The number of hydrazine groups is 1. The van der Waals surface area contributed by atoms with Gasteiger partial charge in [0.15, 0.2) is 11.5 Å². The Bertz CT molecular complexity index is 1270. The second-order valence-electron chi connectivity index (χ2n) is 7.93. The lowest BCUT2D eigenvalue weighted by molar-refractivity contribution is -0.140. The van der Waals surface area contributed by atoms with E-state index in [1.807, 2.05) is 42.6 Å². The van der Waals surface area contributed by atoms with Gasteiger partial charge in [-0.2, -0.15) is 0 Å². The number of hydrogen-bond acceptors (Lipinski definition) is 10. The number of para-hydroxylation sites is 1. The summed E-state index contributed by atoms with van der Waals surface area (Å²) in [5, 5.41) is 1.24. The summed E-state index contributed by atoms with van der Waals surface area (Å²) in [6.45, 7) is 0. The maximum absolute atomic E-state index is 11.5. The fourth-order valence-corrected chi connectivity index (χ4v) is 6.77. The van der Waals surface area contributed by atoms with Crippen molar-refractivity contribution in [3.05, 3.63) is 68.6 Å². The summed E-state index contributed by atoms with van der Waals surface area (Å²) in [6.07, 6.45) is 3.32. The molecule has 190 valence electrons. The number of thiazole rings is 1. The highest BCUT2D eigenvalue weighted by molar-refractivity contribution is 8.01. The van der Waals surface area contributed by atoms with Crippen LogP contribution >= 0.6 is 34.7 Å². The first-order chi connectivity index (χ1) is 17.5. The van der Waals surface area contributed by atoms with Crippen LogP contribution in [0.3, 0.4) is 0 Å². The van der Waals surface area contributed by atoms with E-state index in [9.17, 15) is 4.79 Å². The van der Waals surface area contributed by atoms with E-state index in [-0.39, 0.29) is 16.5 Å². The lowest BCUT2D eigenvalue weighted by Gasteiger charge is -2.24. The Morgan fingerprint density at radius 2 is 2.00 bits per heavy atom. The van der Waals surface area contributed by atoms with Crippen molar-refractivity contribution in [2.45, 2.75) is 29.8 Å². The fourth-order valence-electron chi connectivity index (χ4n) is 4.01. The monoisotopic (exact) mass is 546 g/mol. The number of aryl methyl sites for hydroxylation is 1. The molecule has 0 radical (unpaired) electrons. The molecular weight excluding hydrogens is 520 g/mol. The molecule has 3 N–H and O–H groups in total. The maximum Gasteiger partial charge on any atom is 0.305 e. The zero-order valence-electron chi connectivity index (χ0n) is 20.1. The average Bonchev–Trinajstić information content (AvgIpc) is 3.29. The molecule has 11 heteroatoms. The van der Waals surface area contributed by atoms with Gasteiger partial charge in [0.05, 0.1) is 48.9 Å². The van der Waals surface area contributed by atoms with Crippen LogP contribution in [-0.4, -0.2) is 43.4 Å². The van der Waals surface area contributed by atoms with Crippen LogP contribution in [0.2, 0.25) is 5.02 Å². The Kier molecular flexibility index (Phi) is 8.73. The highest BCUT2D eigenvalue weighted by Gasteiger charge is 2.32. The number of fused-ring (bicyclic) bond motifs is 1. The second-order valence-corrected chi connectivity index (χ2v) is 10.9. The van der Waals surface area contributed by atoms with Crippen LogP contribution in [0.5, 0.6) is 11.5 Å². The van der Waals surface area contributed by atoms with Crippen molar-refractivity contribution < 1.29 is 19.0 Å². The predicted octanol–water partition coefficient (Wildman–Crippen LogP) is 4.86. The van der Waals surface area contributed by atoms with Gasteiger partial charge in [0.1, 0.15) is 5.84 Å². The summed E-state index contributed by atoms with van der Waals surface area (Å²) in [5.74, 6) is 7.66. The number of halogens is 1. The third kappa shape index (κ3) is 5.78. The minimum atomic E-state index is -0.238. The number of amidine groups is 1. The van der Waals surface area contributed by atoms with Crippen molar-refractivity contribution in [3.63, 3.8) is 0 Å². The lowest BCUT2D eigenvalue weighted by atomic mass is 10.0. The van der Waals surface area contributed by atoms with Gasteiger partial charge in [-0.1, -0.05) is 23.7 Å². The summed E-state index contributed by atoms with van der Waals surface area (Å²) in [5.41, 5.74) is 5.47. The molecule has 1 aromatic heterocycles. The number of carbonyl (C=O) groups excluding carboxylic acids is 1. The first-order valence-electron chi connectivity index (χ1n) is 11.2. The zero-order chi connectivity index (χ0) is 25.7. The Labute approximate surface area is 223 Å². The Hall–Kier alpha value is -2.79. The predicted molar refractivity (Wildman–Crippen MR) is 145 cm³/mol. The third-order valence-electron chi connectivity index (χ3n) is 5.75. The van der Waals surface area contributed by atoms with Gasteiger partial charge < -0.3 is 19.6 Å². The van der Waals surface area contributed by atoms with Crippen molar-refractivity contribution in [3.8, 4) is 11.5 Å². The summed E-state index contributed by atoms with van der Waals surface area (Å²) in [6, 6.07) is 11.5. The SMILES string of the molecule is COC(=O)CCc1cnc(CC2SC(c3cccc(OC)c3OC)c3cc(Cl)ccc3N=C2NN)s1. The standard InChI is InChI=1S/C25H27ClN4O4S2/c1-32-19-6-4-5-16(23(19)34-3)24-17-11-14(26)7-9-18(17)29-25(30-27)20(36-24)12-21-28-13-15(35-21)8-10-22(31)33-2/h4-7,9,11,13,20,24H,8,10,12,27H2,1-3H3,(H,29,30). The van der Waals surface area contributed by atoms with Gasteiger partial charge in [0.2, 0.25) is 0 Å². The molecule has 0 amide bonds. The third-order valence-corrected chi connectivity index (χ3v) is 8.56. The average molecular weight is 547 g/mol. The Balaban J connectivity index is 1.71. The van der Waals surface area contributed by atoms with E-state index in [1.54, 1.807) is 37.3 Å². The van der Waals surface area contributed by atoms with Crippen LogP contribution in [0.25, 0.3) is 0 Å². The number of carbonyl (C=O) groups is 1. The molecule has 0 saturated heterocycles. The largest absolute Gasteiger partial charge is 0.493 e. The van der Waals surface area contributed by atoms with Gasteiger partial charge in [0, 0.05) is 28.1 Å². The van der Waals surface area contributed by atoms with E-state index in [4.69, 9.17) is 36.6 Å². The van der Waals surface area contributed by atoms with Crippen LogP contribution in [0.15, 0.2) is 47.6 Å². The summed E-state index contributed by atoms with van der Waals surface area (Å²) >= 11 is 9.68. The van der Waals surface area contributed by atoms with Crippen LogP contribution in [-0.2, 0) is 22.4 Å². The minimum absolute atomic E-state index is 0.137. The summed E-state index contributed by atoms with van der Waals surface area (Å²) in [4.78, 5) is 22.0. The molecule has 2 heterocycles. The number of ether oxygens (including phenoxy) is 3. The second kappa shape index (κ2) is 12.0. The van der Waals surface area contributed by atoms with Crippen LogP contribution < -0.4 is 20.7 Å². The van der Waals surface area contributed by atoms with Gasteiger partial charge in [-0.3, -0.25) is 4.79 Å². The van der Waals surface area contributed by atoms with E-state index in [0.717, 1.165) is 26.7 Å². The quantitative estimate of drug-likeness (QED) is 0.234.